The number of likely N-dealkylation sites (tertiary alicyclic amines) is 1. The van der Waals surface area contributed by atoms with Gasteiger partial charge in [0.25, 0.3) is 5.91 Å². The summed E-state index contributed by atoms with van der Waals surface area (Å²) in [7, 11) is 1.56. The van der Waals surface area contributed by atoms with Crippen molar-refractivity contribution in [1.29, 1.82) is 0 Å². The Bertz CT molecular complexity index is 709. The van der Waals surface area contributed by atoms with Gasteiger partial charge in [-0.05, 0) is 50.5 Å². The Balaban J connectivity index is 1.50. The molecule has 2 saturated carbocycles. The van der Waals surface area contributed by atoms with E-state index in [4.69, 9.17) is 9.47 Å². The Morgan fingerprint density at radius 2 is 1.96 bits per heavy atom. The lowest BCUT2D eigenvalue weighted by atomic mass is 9.76. The van der Waals surface area contributed by atoms with Gasteiger partial charge < -0.3 is 19.4 Å². The van der Waals surface area contributed by atoms with Crippen LogP contribution in [0.5, 0.6) is 0 Å². The predicted molar refractivity (Wildman–Crippen MR) is 91.6 cm³/mol. The molecular weight excluding hydrogens is 320 g/mol. The molecule has 4 atom stereocenters. The van der Waals surface area contributed by atoms with Gasteiger partial charge in [-0.1, -0.05) is 0 Å². The number of fused-ring (bicyclic) bond motifs is 5. The zero-order valence-corrected chi connectivity index (χ0v) is 15.1. The molecule has 1 saturated heterocycles. The van der Waals surface area contributed by atoms with E-state index in [1.54, 1.807) is 7.11 Å². The van der Waals surface area contributed by atoms with E-state index >= 15 is 0 Å². The van der Waals surface area contributed by atoms with Gasteiger partial charge in [-0.2, -0.15) is 0 Å². The van der Waals surface area contributed by atoms with Crippen molar-refractivity contribution >= 4 is 11.9 Å². The lowest BCUT2D eigenvalue weighted by Gasteiger charge is -2.50. The van der Waals surface area contributed by atoms with Crippen LogP contribution in [0.3, 0.4) is 0 Å². The highest BCUT2D eigenvalue weighted by Gasteiger charge is 2.57. The summed E-state index contributed by atoms with van der Waals surface area (Å²) in [5.74, 6) is 1.85. The SMILES string of the molecule is COCCOC(=O)c1c(C)[nH]c(C(=O)N2CC3C4CCC(C4)C32)c1C. The number of H-pyrrole nitrogens is 1. The molecule has 4 unspecified atom stereocenters. The van der Waals surface area contributed by atoms with Gasteiger partial charge in [-0.15, -0.1) is 0 Å². The van der Waals surface area contributed by atoms with Gasteiger partial charge in [-0.25, -0.2) is 4.79 Å². The number of carbonyl (C=O) groups is 2. The van der Waals surface area contributed by atoms with Crippen molar-refractivity contribution < 1.29 is 19.1 Å². The minimum atomic E-state index is -0.399. The van der Waals surface area contributed by atoms with Crippen LogP contribution < -0.4 is 0 Å². The number of aromatic amines is 1. The third-order valence-corrected chi connectivity index (χ3v) is 6.45. The molecule has 1 N–H and O–H groups in total. The maximum absolute atomic E-state index is 13.0. The van der Waals surface area contributed by atoms with E-state index in [-0.39, 0.29) is 12.5 Å². The fourth-order valence-electron chi connectivity index (χ4n) is 5.26. The number of aryl methyl sites for hydroxylation is 1. The third-order valence-electron chi connectivity index (χ3n) is 6.45. The average molecular weight is 346 g/mol. The number of nitrogens with zero attached hydrogens (tertiary/aromatic N) is 1. The van der Waals surface area contributed by atoms with E-state index in [1.165, 1.54) is 19.3 Å². The van der Waals surface area contributed by atoms with Crippen molar-refractivity contribution in [2.24, 2.45) is 17.8 Å². The Kier molecular flexibility index (Phi) is 4.10. The zero-order chi connectivity index (χ0) is 17.7. The Labute approximate surface area is 147 Å². The summed E-state index contributed by atoms with van der Waals surface area (Å²) in [6, 6.07) is 0.423. The largest absolute Gasteiger partial charge is 0.460 e. The normalized spacial score (nSPS) is 29.5. The maximum Gasteiger partial charge on any atom is 0.340 e. The van der Waals surface area contributed by atoms with E-state index in [1.807, 2.05) is 18.7 Å². The molecule has 0 radical (unpaired) electrons. The first-order valence-corrected chi connectivity index (χ1v) is 9.19. The van der Waals surface area contributed by atoms with Gasteiger partial charge in [0.2, 0.25) is 0 Å². The summed E-state index contributed by atoms with van der Waals surface area (Å²) in [5, 5.41) is 0. The maximum atomic E-state index is 13.0. The van der Waals surface area contributed by atoms with Gasteiger partial charge in [0.15, 0.2) is 0 Å². The second kappa shape index (κ2) is 6.16. The summed E-state index contributed by atoms with van der Waals surface area (Å²) in [6.45, 7) is 5.08. The van der Waals surface area contributed by atoms with Crippen LogP contribution in [0.25, 0.3) is 0 Å². The van der Waals surface area contributed by atoms with Crippen molar-refractivity contribution in [2.45, 2.75) is 39.2 Å². The molecule has 1 amide bonds. The van der Waals surface area contributed by atoms with Crippen LogP contribution in [0.2, 0.25) is 0 Å². The molecule has 1 aromatic heterocycles. The van der Waals surface area contributed by atoms with E-state index in [9.17, 15) is 9.59 Å². The minimum Gasteiger partial charge on any atom is -0.460 e. The lowest BCUT2D eigenvalue weighted by molar-refractivity contribution is -0.00951. The van der Waals surface area contributed by atoms with Crippen LogP contribution in [0.15, 0.2) is 0 Å². The van der Waals surface area contributed by atoms with Gasteiger partial charge in [0.1, 0.15) is 12.3 Å². The fourth-order valence-corrected chi connectivity index (χ4v) is 5.26. The van der Waals surface area contributed by atoms with Crippen LogP contribution in [0.1, 0.15) is 51.4 Å². The number of carbonyl (C=O) groups excluding carboxylic acids is 2. The molecule has 136 valence electrons. The molecule has 4 rings (SSSR count). The van der Waals surface area contributed by atoms with Crippen LogP contribution in [0.4, 0.5) is 0 Å². The molecule has 1 aromatic rings. The van der Waals surface area contributed by atoms with Crippen molar-refractivity contribution in [3.63, 3.8) is 0 Å². The fraction of sp³-hybridized carbons (Fsp3) is 0.684. The summed E-state index contributed by atoms with van der Waals surface area (Å²) in [4.78, 5) is 30.5. The first kappa shape index (κ1) is 16.6. The second-order valence-electron chi connectivity index (χ2n) is 7.70. The number of methoxy groups -OCH3 is 1. The monoisotopic (exact) mass is 346 g/mol. The van der Waals surface area contributed by atoms with Crippen LogP contribution in [-0.4, -0.2) is 54.7 Å². The number of nitrogens with one attached hydrogen (secondary N) is 1. The third kappa shape index (κ3) is 2.49. The van der Waals surface area contributed by atoms with Crippen molar-refractivity contribution in [2.75, 3.05) is 26.9 Å². The number of amides is 1. The van der Waals surface area contributed by atoms with Crippen molar-refractivity contribution in [3.05, 3.63) is 22.5 Å². The highest BCUT2D eigenvalue weighted by atomic mass is 16.6. The highest BCUT2D eigenvalue weighted by molar-refractivity contribution is 6.01. The lowest BCUT2D eigenvalue weighted by Crippen LogP contribution is -2.61. The van der Waals surface area contributed by atoms with Gasteiger partial charge >= 0.3 is 5.97 Å². The van der Waals surface area contributed by atoms with Crippen LogP contribution in [0, 0.1) is 31.6 Å². The molecule has 25 heavy (non-hydrogen) atoms. The van der Waals surface area contributed by atoms with Gasteiger partial charge in [0, 0.05) is 31.3 Å². The highest BCUT2D eigenvalue weighted by Crippen LogP contribution is 2.55. The summed E-state index contributed by atoms with van der Waals surface area (Å²) in [5.41, 5.74) is 2.40. The number of hydrogen-bond acceptors (Lipinski definition) is 4. The predicted octanol–water partition coefficient (Wildman–Crippen LogP) is 2.31. The Morgan fingerprint density at radius 1 is 1.20 bits per heavy atom. The molecule has 0 aromatic carbocycles. The molecule has 1 aliphatic heterocycles. The molecule has 3 fully saturated rings. The average Bonchev–Trinajstić information content (AvgIpc) is 3.18. The molecule has 2 aliphatic carbocycles. The Hall–Kier alpha value is -1.82. The number of rotatable bonds is 5. The van der Waals surface area contributed by atoms with Crippen molar-refractivity contribution in [1.82, 2.24) is 9.88 Å². The number of esters is 1. The zero-order valence-electron chi connectivity index (χ0n) is 15.1. The molecule has 0 spiro atoms. The second-order valence-corrected chi connectivity index (χ2v) is 7.70. The molecule has 6 nitrogen and oxygen atoms in total. The van der Waals surface area contributed by atoms with Crippen LogP contribution in [-0.2, 0) is 9.47 Å². The molecular formula is C19H26N2O4. The quantitative estimate of drug-likeness (QED) is 0.656. The summed E-state index contributed by atoms with van der Waals surface area (Å²) in [6.07, 6.45) is 3.89. The smallest absolute Gasteiger partial charge is 0.340 e. The standard InChI is InChI=1S/C19H26N2O4/c1-10-15(19(23)25-7-6-24-3)11(2)20-16(10)18(22)21-9-14-12-4-5-13(8-12)17(14)21/h12-14,17,20H,4-9H2,1-3H3. The summed E-state index contributed by atoms with van der Waals surface area (Å²) >= 11 is 0. The molecule has 3 aliphatic rings. The molecule has 2 bridgehead atoms. The first-order valence-electron chi connectivity index (χ1n) is 9.19. The number of ether oxygens (including phenoxy) is 2. The Morgan fingerprint density at radius 3 is 2.68 bits per heavy atom. The molecule has 6 heteroatoms. The van der Waals surface area contributed by atoms with Crippen molar-refractivity contribution in [3.8, 4) is 0 Å². The van der Waals surface area contributed by atoms with E-state index in [0.717, 1.165) is 12.5 Å². The number of aromatic nitrogens is 1. The minimum absolute atomic E-state index is 0.0327. The van der Waals surface area contributed by atoms with Crippen LogP contribution >= 0.6 is 0 Å². The van der Waals surface area contributed by atoms with E-state index in [2.05, 4.69) is 4.98 Å². The first-order chi connectivity index (χ1) is 12.0. The van der Waals surface area contributed by atoms with E-state index < -0.39 is 5.97 Å². The number of hydrogen-bond donors (Lipinski definition) is 1. The molecule has 2 heterocycles. The van der Waals surface area contributed by atoms with Gasteiger partial charge in [0.05, 0.1) is 12.2 Å². The topological polar surface area (TPSA) is 71.6 Å². The summed E-state index contributed by atoms with van der Waals surface area (Å²) < 4.78 is 10.1. The van der Waals surface area contributed by atoms with E-state index in [0.29, 0.717) is 47.0 Å². The van der Waals surface area contributed by atoms with Gasteiger partial charge in [-0.3, -0.25) is 4.79 Å².